The second-order valence-corrected chi connectivity index (χ2v) is 16.1. The third kappa shape index (κ3) is 2.28. The van der Waals surface area contributed by atoms with Crippen molar-refractivity contribution in [1.82, 2.24) is 4.57 Å². The molecular weight excluding hydrogens is 599 g/mol. The van der Waals surface area contributed by atoms with Gasteiger partial charge in [-0.2, -0.15) is 4.90 Å². The average Bonchev–Trinajstić information content (AvgIpc) is 3.72. The van der Waals surface area contributed by atoms with Crippen molar-refractivity contribution in [3.8, 4) is 5.69 Å². The van der Waals surface area contributed by atoms with Crippen molar-refractivity contribution in [1.29, 1.82) is 0 Å². The Hall–Kier alpha value is -5.55. The molecule has 0 aliphatic carbocycles. The number of pyridine rings is 1. The summed E-state index contributed by atoms with van der Waals surface area (Å²) in [5.41, 5.74) is 18.1. The molecule has 6 aliphatic heterocycles. The molecule has 5 nitrogen and oxygen atoms in total. The van der Waals surface area contributed by atoms with Gasteiger partial charge in [0.2, 0.25) is 5.54 Å². The minimum atomic E-state index is -0.522. The zero-order valence-corrected chi connectivity index (χ0v) is 28.2. The number of likely N-dealkylation sites (N-methyl/N-ethyl adjacent to an activating group) is 1. The maximum Gasteiger partial charge on any atom is 0.292 e. The highest BCUT2D eigenvalue weighted by Gasteiger charge is 2.71. The molecule has 0 fully saturated rings. The van der Waals surface area contributed by atoms with Gasteiger partial charge in [0.25, 0.3) is 5.82 Å². The first-order valence-corrected chi connectivity index (χ1v) is 17.6. The van der Waals surface area contributed by atoms with Gasteiger partial charge in [-0.1, -0.05) is 82.3 Å². The first kappa shape index (κ1) is 25.5. The lowest BCUT2D eigenvalue weighted by molar-refractivity contribution is -0.734. The van der Waals surface area contributed by atoms with Crippen molar-refractivity contribution in [2.75, 3.05) is 21.7 Å². The zero-order valence-electron chi connectivity index (χ0n) is 28.2. The summed E-state index contributed by atoms with van der Waals surface area (Å²) in [6.07, 6.45) is 2.41. The molecule has 2 unspecified atom stereocenters. The average molecular weight is 633 g/mol. The van der Waals surface area contributed by atoms with E-state index in [9.17, 15) is 0 Å². The normalized spacial score (nSPS) is 22.5. The van der Waals surface area contributed by atoms with Crippen molar-refractivity contribution >= 4 is 56.1 Å². The second kappa shape index (κ2) is 7.37. The highest BCUT2D eigenvalue weighted by molar-refractivity contribution is 6.16. The van der Waals surface area contributed by atoms with Gasteiger partial charge in [0.1, 0.15) is 11.4 Å². The number of anilines is 6. The number of para-hydroxylation sites is 4. The van der Waals surface area contributed by atoms with Gasteiger partial charge in [-0.25, -0.2) is 4.57 Å². The van der Waals surface area contributed by atoms with Crippen molar-refractivity contribution in [2.24, 2.45) is 0 Å². The molecule has 1 spiro atoms. The Morgan fingerprint density at radius 3 is 2.10 bits per heavy atom. The van der Waals surface area contributed by atoms with E-state index in [4.69, 9.17) is 0 Å². The lowest BCUT2D eigenvalue weighted by Gasteiger charge is -2.52. The topological polar surface area (TPSA) is 18.5 Å². The van der Waals surface area contributed by atoms with Gasteiger partial charge in [0.15, 0.2) is 6.17 Å². The van der Waals surface area contributed by atoms with Crippen LogP contribution in [0.4, 0.5) is 34.3 Å². The van der Waals surface area contributed by atoms with Crippen LogP contribution >= 0.6 is 0 Å². The van der Waals surface area contributed by atoms with Gasteiger partial charge in [-0.3, -0.25) is 0 Å². The number of hydrogen-bond donors (Lipinski definition) is 0. The SMILES string of the molecule is CN1c2ccccc2N2c3cccc4c3C3(c5c6c(cc7c8ccccc8n-4c57)C(C)(C)c4cccc5c4N6c4c(ccc[n+]43)C5(C)C)C12. The van der Waals surface area contributed by atoms with Crippen molar-refractivity contribution in [3.05, 3.63) is 143 Å². The number of benzene rings is 5. The summed E-state index contributed by atoms with van der Waals surface area (Å²) >= 11 is 0. The van der Waals surface area contributed by atoms with Crippen LogP contribution in [0, 0.1) is 0 Å². The molecule has 8 heterocycles. The highest BCUT2D eigenvalue weighted by Crippen LogP contribution is 2.70. The molecule has 0 saturated heterocycles. The van der Waals surface area contributed by atoms with Gasteiger partial charge in [0, 0.05) is 45.3 Å². The lowest BCUT2D eigenvalue weighted by Crippen LogP contribution is -2.72. The Morgan fingerprint density at radius 1 is 0.592 bits per heavy atom. The predicted molar refractivity (Wildman–Crippen MR) is 197 cm³/mol. The minimum Gasteiger partial charge on any atom is -0.348 e. The van der Waals surface area contributed by atoms with Crippen molar-refractivity contribution < 1.29 is 4.57 Å². The maximum atomic E-state index is 2.73. The summed E-state index contributed by atoms with van der Waals surface area (Å²) in [4.78, 5) is 7.94. The van der Waals surface area contributed by atoms with Crippen molar-refractivity contribution in [3.63, 3.8) is 0 Å². The monoisotopic (exact) mass is 632 g/mol. The summed E-state index contributed by atoms with van der Waals surface area (Å²) in [6.45, 7) is 9.80. The quantitative estimate of drug-likeness (QED) is 0.155. The molecule has 5 aromatic carbocycles. The lowest BCUT2D eigenvalue weighted by atomic mass is 9.63. The van der Waals surface area contributed by atoms with E-state index >= 15 is 0 Å². The second-order valence-electron chi connectivity index (χ2n) is 16.1. The first-order valence-electron chi connectivity index (χ1n) is 17.6. The molecule has 2 atom stereocenters. The van der Waals surface area contributed by atoms with Gasteiger partial charge >= 0.3 is 0 Å². The predicted octanol–water partition coefficient (Wildman–Crippen LogP) is 9.17. The fraction of sp³-hybridized carbons (Fsp3) is 0.205. The van der Waals surface area contributed by atoms with Crippen LogP contribution in [0.15, 0.2) is 109 Å². The van der Waals surface area contributed by atoms with E-state index in [1.807, 2.05) is 0 Å². The minimum absolute atomic E-state index is 0.00551. The van der Waals surface area contributed by atoms with Gasteiger partial charge < -0.3 is 14.4 Å². The summed E-state index contributed by atoms with van der Waals surface area (Å²) in [5.74, 6) is 1.31. The summed E-state index contributed by atoms with van der Waals surface area (Å²) < 4.78 is 5.34. The first-order chi connectivity index (χ1) is 23.8. The molecule has 0 saturated carbocycles. The number of fused-ring (bicyclic) bond motifs is 8. The number of rotatable bonds is 0. The van der Waals surface area contributed by atoms with Crippen LogP contribution in [0.5, 0.6) is 0 Å². The van der Waals surface area contributed by atoms with Crippen molar-refractivity contribution in [2.45, 2.75) is 50.2 Å². The highest BCUT2D eigenvalue weighted by atomic mass is 15.5. The number of aromatic nitrogens is 2. The molecule has 5 heteroatoms. The zero-order chi connectivity index (χ0) is 32.5. The molecule has 49 heavy (non-hydrogen) atoms. The Bertz CT molecular complexity index is 2780. The molecule has 0 bridgehead atoms. The molecule has 7 aromatic rings. The fourth-order valence-corrected chi connectivity index (χ4v) is 11.5. The van der Waals surface area contributed by atoms with E-state index in [1.165, 1.54) is 95.1 Å². The third-order valence-electron chi connectivity index (χ3n) is 13.5. The molecule has 234 valence electrons. The molecule has 0 amide bonds. The van der Waals surface area contributed by atoms with E-state index < -0.39 is 5.54 Å². The molecule has 2 aromatic heterocycles. The number of hydrogen-bond acceptors (Lipinski definition) is 3. The van der Waals surface area contributed by atoms with E-state index in [-0.39, 0.29) is 17.0 Å². The molecular formula is C44H34N5+. The van der Waals surface area contributed by atoms with Gasteiger partial charge in [-0.15, -0.1) is 0 Å². The fourth-order valence-electron chi connectivity index (χ4n) is 11.5. The summed E-state index contributed by atoms with van der Waals surface area (Å²) in [5, 5.41) is 2.67. The van der Waals surface area contributed by atoms with E-state index in [0.29, 0.717) is 0 Å². The van der Waals surface area contributed by atoms with E-state index in [0.717, 1.165) is 0 Å². The molecule has 0 radical (unpaired) electrons. The van der Waals surface area contributed by atoms with Crippen LogP contribution in [-0.4, -0.2) is 17.8 Å². The van der Waals surface area contributed by atoms with Crippen LogP contribution in [-0.2, 0) is 16.4 Å². The van der Waals surface area contributed by atoms with Crippen LogP contribution in [0.3, 0.4) is 0 Å². The standard InChI is InChI=1S/C44H34N5/c1-42(2)26-14-10-15-27-38(26)49-39-29(43(27,3)4)23-25-24-13-6-7-17-30(24)47-33-20-11-21-34-35(33)44(36(39)37(25)47,46-22-12-16-28(42)40(46)49)41-45(5)31-18-8-9-19-32(31)48(34)41/h6-23,41H,1-5H3/q+1. The Kier molecular flexibility index (Phi) is 3.83. The Labute approximate surface area is 284 Å². The van der Waals surface area contributed by atoms with E-state index in [1.54, 1.807) is 0 Å². The van der Waals surface area contributed by atoms with Crippen LogP contribution < -0.4 is 19.3 Å². The summed E-state index contributed by atoms with van der Waals surface area (Å²) in [6, 6.07) is 39.5. The summed E-state index contributed by atoms with van der Waals surface area (Å²) in [7, 11) is 2.32. The van der Waals surface area contributed by atoms with Crippen LogP contribution in [0.25, 0.3) is 27.5 Å². The van der Waals surface area contributed by atoms with Crippen LogP contribution in [0.1, 0.15) is 61.1 Å². The Morgan fingerprint density at radius 2 is 1.27 bits per heavy atom. The van der Waals surface area contributed by atoms with Crippen LogP contribution in [0.2, 0.25) is 0 Å². The smallest absolute Gasteiger partial charge is 0.292 e. The number of nitrogens with zero attached hydrogens (tertiary/aromatic N) is 5. The molecule has 13 rings (SSSR count). The van der Waals surface area contributed by atoms with Gasteiger partial charge in [0.05, 0.1) is 56.7 Å². The maximum absolute atomic E-state index is 2.73. The van der Waals surface area contributed by atoms with E-state index in [2.05, 4.69) is 168 Å². The Balaban J connectivity index is 1.35. The molecule has 0 N–H and O–H groups in total. The largest absolute Gasteiger partial charge is 0.348 e. The molecule has 6 aliphatic rings. The van der Waals surface area contributed by atoms with Gasteiger partial charge in [-0.05, 0) is 48.5 Å². The third-order valence-corrected chi connectivity index (χ3v) is 13.5.